The minimum atomic E-state index is -0.127. The fraction of sp³-hybridized carbons (Fsp3) is 0.357. The second-order valence-electron chi connectivity index (χ2n) is 5.28. The lowest BCUT2D eigenvalue weighted by Crippen LogP contribution is -2.47. The quantitative estimate of drug-likeness (QED) is 0.875. The molecule has 1 unspecified atom stereocenters. The Bertz CT molecular complexity index is 608. The van der Waals surface area contributed by atoms with Gasteiger partial charge in [0.15, 0.2) is 5.69 Å². The summed E-state index contributed by atoms with van der Waals surface area (Å²) in [5.41, 5.74) is 2.20. The number of aromatic amines is 1. The van der Waals surface area contributed by atoms with Gasteiger partial charge in [-0.1, -0.05) is 26.0 Å². The van der Waals surface area contributed by atoms with Crippen molar-refractivity contribution in [1.29, 1.82) is 0 Å². The average molecular weight is 271 g/mol. The number of anilines is 2. The smallest absolute Gasteiger partial charge is 0.280 e. The maximum atomic E-state index is 12.6. The fourth-order valence-electron chi connectivity index (χ4n) is 2.38. The maximum Gasteiger partial charge on any atom is 0.280 e. The Morgan fingerprint density at radius 1 is 1.40 bits per heavy atom. The topological polar surface area (TPSA) is 73.9 Å². The number of H-pyrrole nitrogens is 1. The Morgan fingerprint density at radius 2 is 2.20 bits per heavy atom. The summed E-state index contributed by atoms with van der Waals surface area (Å²) >= 11 is 0. The molecule has 1 aliphatic rings. The lowest BCUT2D eigenvalue weighted by Gasteiger charge is -2.37. The number of hydrogen-bond acceptors (Lipinski definition) is 4. The van der Waals surface area contributed by atoms with Crippen LogP contribution >= 0.6 is 0 Å². The predicted octanol–water partition coefficient (Wildman–Crippen LogP) is 1.90. The number of nitrogens with zero attached hydrogens (tertiary/aromatic N) is 3. The van der Waals surface area contributed by atoms with Crippen molar-refractivity contribution < 1.29 is 4.79 Å². The second kappa shape index (κ2) is 4.96. The van der Waals surface area contributed by atoms with Crippen LogP contribution in [0.15, 0.2) is 30.5 Å². The molecule has 2 heterocycles. The highest BCUT2D eigenvalue weighted by atomic mass is 16.2. The van der Waals surface area contributed by atoms with E-state index in [9.17, 15) is 4.79 Å². The molecule has 104 valence electrons. The molecule has 0 spiro atoms. The fourth-order valence-corrected chi connectivity index (χ4v) is 2.38. The third-order valence-corrected chi connectivity index (χ3v) is 3.60. The highest BCUT2D eigenvalue weighted by molar-refractivity contribution is 6.07. The van der Waals surface area contributed by atoms with Crippen LogP contribution in [0.1, 0.15) is 24.3 Å². The van der Waals surface area contributed by atoms with Crippen LogP contribution in [0.25, 0.3) is 0 Å². The highest BCUT2D eigenvalue weighted by Crippen LogP contribution is 2.32. The van der Waals surface area contributed by atoms with Gasteiger partial charge in [-0.15, -0.1) is 0 Å². The zero-order valence-electron chi connectivity index (χ0n) is 11.5. The van der Waals surface area contributed by atoms with Crippen molar-refractivity contribution in [2.45, 2.75) is 19.9 Å². The molecule has 0 saturated heterocycles. The molecule has 1 aromatic heterocycles. The number of nitrogens with one attached hydrogen (secondary N) is 2. The number of carbonyl (C=O) groups excluding carboxylic acids is 1. The van der Waals surface area contributed by atoms with Gasteiger partial charge >= 0.3 is 0 Å². The molecule has 20 heavy (non-hydrogen) atoms. The van der Waals surface area contributed by atoms with Gasteiger partial charge in [0.1, 0.15) is 0 Å². The molecule has 0 bridgehead atoms. The molecule has 0 fully saturated rings. The monoisotopic (exact) mass is 271 g/mol. The summed E-state index contributed by atoms with van der Waals surface area (Å²) in [6.45, 7) is 4.91. The molecule has 0 saturated carbocycles. The van der Waals surface area contributed by atoms with Crippen LogP contribution < -0.4 is 10.2 Å². The Balaban J connectivity index is 1.99. The maximum absolute atomic E-state index is 12.6. The summed E-state index contributed by atoms with van der Waals surface area (Å²) in [7, 11) is 0. The van der Waals surface area contributed by atoms with Crippen molar-refractivity contribution in [1.82, 2.24) is 15.4 Å². The molecule has 2 N–H and O–H groups in total. The number of hydrogen-bond donors (Lipinski definition) is 2. The van der Waals surface area contributed by atoms with E-state index in [1.165, 1.54) is 6.20 Å². The standard InChI is InChI=1S/C14H17N5O/c1-9(2)12-8-19(14(20)11-7-15-18-17-11)13-6-4-3-5-10(13)16-12/h3-7,9,12,16H,8H2,1-2H3,(H,15,17,18). The Morgan fingerprint density at radius 3 is 2.90 bits per heavy atom. The van der Waals surface area contributed by atoms with Crippen molar-refractivity contribution in [2.75, 3.05) is 16.8 Å². The van der Waals surface area contributed by atoms with Gasteiger partial charge < -0.3 is 10.2 Å². The van der Waals surface area contributed by atoms with E-state index in [4.69, 9.17) is 0 Å². The van der Waals surface area contributed by atoms with Gasteiger partial charge in [-0.05, 0) is 18.1 Å². The molecule has 1 amide bonds. The molecule has 1 atom stereocenters. The van der Waals surface area contributed by atoms with E-state index in [0.29, 0.717) is 18.2 Å². The van der Waals surface area contributed by atoms with E-state index in [2.05, 4.69) is 34.6 Å². The van der Waals surface area contributed by atoms with Gasteiger partial charge in [0.25, 0.3) is 5.91 Å². The lowest BCUT2D eigenvalue weighted by molar-refractivity contribution is 0.0979. The van der Waals surface area contributed by atoms with Crippen LogP contribution in [0.2, 0.25) is 0 Å². The summed E-state index contributed by atoms with van der Waals surface area (Å²) < 4.78 is 0. The first-order valence-electron chi connectivity index (χ1n) is 6.70. The van der Waals surface area contributed by atoms with Crippen LogP contribution in [0.4, 0.5) is 11.4 Å². The number of aromatic nitrogens is 3. The molecule has 1 aromatic carbocycles. The van der Waals surface area contributed by atoms with Gasteiger partial charge in [-0.3, -0.25) is 4.79 Å². The van der Waals surface area contributed by atoms with Crippen LogP contribution in [-0.2, 0) is 0 Å². The van der Waals surface area contributed by atoms with E-state index >= 15 is 0 Å². The van der Waals surface area contributed by atoms with E-state index in [1.54, 1.807) is 4.90 Å². The number of benzene rings is 1. The van der Waals surface area contributed by atoms with Crippen molar-refractivity contribution in [3.63, 3.8) is 0 Å². The Hall–Kier alpha value is -2.37. The number of carbonyl (C=O) groups is 1. The number of fused-ring (bicyclic) bond motifs is 1. The Labute approximate surface area is 117 Å². The summed E-state index contributed by atoms with van der Waals surface area (Å²) in [6, 6.07) is 8.05. The zero-order chi connectivity index (χ0) is 14.1. The SMILES string of the molecule is CC(C)C1CN(C(=O)c2cn[nH]n2)c2ccccc2N1. The summed E-state index contributed by atoms with van der Waals surface area (Å²) in [5.74, 6) is 0.300. The van der Waals surface area contributed by atoms with E-state index in [-0.39, 0.29) is 11.9 Å². The molecular formula is C14H17N5O. The Kier molecular flexibility index (Phi) is 3.14. The normalized spacial score (nSPS) is 17.8. The van der Waals surface area contributed by atoms with Crippen molar-refractivity contribution in [2.24, 2.45) is 5.92 Å². The van der Waals surface area contributed by atoms with Gasteiger partial charge in [0.2, 0.25) is 0 Å². The third-order valence-electron chi connectivity index (χ3n) is 3.60. The number of para-hydroxylation sites is 2. The zero-order valence-corrected chi connectivity index (χ0v) is 11.5. The molecule has 0 aliphatic carbocycles. The van der Waals surface area contributed by atoms with Gasteiger partial charge in [-0.2, -0.15) is 15.4 Å². The van der Waals surface area contributed by atoms with Gasteiger partial charge in [0, 0.05) is 12.6 Å². The number of amides is 1. The van der Waals surface area contributed by atoms with E-state index in [1.807, 2.05) is 24.3 Å². The van der Waals surface area contributed by atoms with Crippen molar-refractivity contribution >= 4 is 17.3 Å². The largest absolute Gasteiger partial charge is 0.379 e. The lowest BCUT2D eigenvalue weighted by atomic mass is 9.99. The number of rotatable bonds is 2. The molecular weight excluding hydrogens is 254 g/mol. The highest BCUT2D eigenvalue weighted by Gasteiger charge is 2.30. The molecule has 6 nitrogen and oxygen atoms in total. The van der Waals surface area contributed by atoms with Gasteiger partial charge in [-0.25, -0.2) is 0 Å². The summed E-state index contributed by atoms with van der Waals surface area (Å²) in [4.78, 5) is 14.3. The molecule has 1 aliphatic heterocycles. The minimum Gasteiger partial charge on any atom is -0.379 e. The van der Waals surface area contributed by atoms with Crippen LogP contribution in [-0.4, -0.2) is 33.9 Å². The van der Waals surface area contributed by atoms with Crippen LogP contribution in [0, 0.1) is 5.92 Å². The van der Waals surface area contributed by atoms with Gasteiger partial charge in [0.05, 0.1) is 17.6 Å². The first-order chi connectivity index (χ1) is 9.66. The van der Waals surface area contributed by atoms with Crippen molar-refractivity contribution in [3.8, 4) is 0 Å². The molecule has 3 rings (SSSR count). The predicted molar refractivity (Wildman–Crippen MR) is 76.7 cm³/mol. The summed E-state index contributed by atoms with van der Waals surface area (Å²) in [6.07, 6.45) is 1.46. The van der Waals surface area contributed by atoms with Crippen LogP contribution in [0.3, 0.4) is 0 Å². The van der Waals surface area contributed by atoms with E-state index in [0.717, 1.165) is 11.4 Å². The average Bonchev–Trinajstić information content (AvgIpc) is 2.99. The first kappa shape index (κ1) is 12.7. The molecule has 2 aromatic rings. The van der Waals surface area contributed by atoms with Crippen LogP contribution in [0.5, 0.6) is 0 Å². The van der Waals surface area contributed by atoms with Crippen molar-refractivity contribution in [3.05, 3.63) is 36.2 Å². The summed E-state index contributed by atoms with van der Waals surface area (Å²) in [5, 5.41) is 13.6. The third kappa shape index (κ3) is 2.13. The second-order valence-corrected chi connectivity index (χ2v) is 5.28. The van der Waals surface area contributed by atoms with E-state index < -0.39 is 0 Å². The minimum absolute atomic E-state index is 0.127. The first-order valence-corrected chi connectivity index (χ1v) is 6.70. The molecule has 0 radical (unpaired) electrons. The molecule has 6 heteroatoms.